The van der Waals surface area contributed by atoms with Gasteiger partial charge in [0.1, 0.15) is 0 Å². The Morgan fingerprint density at radius 2 is 2.05 bits per heavy atom. The number of carbonyl (C=O) groups is 1. The predicted molar refractivity (Wildman–Crippen MR) is 83.8 cm³/mol. The molecule has 1 aromatic rings. The van der Waals surface area contributed by atoms with Crippen molar-refractivity contribution in [3.05, 3.63) is 29.8 Å². The van der Waals surface area contributed by atoms with E-state index in [1.54, 1.807) is 0 Å². The highest BCUT2D eigenvalue weighted by Crippen LogP contribution is 2.16. The average molecular weight is 291 g/mol. The number of nitrogen functional groups attached to an aromatic ring is 1. The molecule has 21 heavy (non-hydrogen) atoms. The fourth-order valence-corrected chi connectivity index (χ4v) is 2.62. The van der Waals surface area contributed by atoms with E-state index in [4.69, 9.17) is 10.5 Å². The van der Waals surface area contributed by atoms with Gasteiger partial charge in [-0.2, -0.15) is 0 Å². The molecule has 5 heteroatoms. The third-order valence-corrected chi connectivity index (χ3v) is 4.06. The molecule has 1 aliphatic rings. The predicted octanol–water partition coefficient (Wildman–Crippen LogP) is 1.34. The number of amides is 1. The molecule has 0 saturated carbocycles. The summed E-state index contributed by atoms with van der Waals surface area (Å²) in [6.45, 7) is 8.20. The molecule has 1 aliphatic heterocycles. The fraction of sp³-hybridized carbons (Fsp3) is 0.562. The van der Waals surface area contributed by atoms with Crippen LogP contribution in [0.4, 0.5) is 5.69 Å². The van der Waals surface area contributed by atoms with E-state index in [0.717, 1.165) is 17.8 Å². The first kappa shape index (κ1) is 15.8. The van der Waals surface area contributed by atoms with Gasteiger partial charge in [-0.1, -0.05) is 25.1 Å². The lowest BCUT2D eigenvalue weighted by Crippen LogP contribution is -2.50. The van der Waals surface area contributed by atoms with Crippen molar-refractivity contribution in [2.24, 2.45) is 0 Å². The Morgan fingerprint density at radius 3 is 2.67 bits per heavy atom. The largest absolute Gasteiger partial charge is 0.398 e. The molecule has 1 saturated heterocycles. The second-order valence-electron chi connectivity index (χ2n) is 5.38. The van der Waals surface area contributed by atoms with Crippen molar-refractivity contribution in [1.82, 2.24) is 9.80 Å². The molecule has 1 unspecified atom stereocenters. The number of likely N-dealkylation sites (N-methyl/N-ethyl adjacent to an activating group) is 1. The third-order valence-electron chi connectivity index (χ3n) is 4.06. The summed E-state index contributed by atoms with van der Waals surface area (Å²) < 4.78 is 5.30. The van der Waals surface area contributed by atoms with E-state index in [9.17, 15) is 4.79 Å². The smallest absolute Gasteiger partial charge is 0.239 e. The van der Waals surface area contributed by atoms with E-state index in [1.165, 1.54) is 0 Å². The lowest BCUT2D eigenvalue weighted by molar-refractivity contribution is -0.140. The van der Waals surface area contributed by atoms with Crippen LogP contribution < -0.4 is 5.73 Å². The number of carbonyl (C=O) groups excluding carboxylic acids is 1. The summed E-state index contributed by atoms with van der Waals surface area (Å²) in [5.74, 6) is 0.176. The number of nitrogens with two attached hydrogens (primary N) is 1. The Kier molecular flexibility index (Phi) is 5.59. The molecule has 1 fully saturated rings. The molecule has 0 spiro atoms. The number of hydrogen-bond acceptors (Lipinski definition) is 4. The van der Waals surface area contributed by atoms with Gasteiger partial charge in [-0.05, 0) is 25.1 Å². The molecular weight excluding hydrogens is 266 g/mol. The van der Waals surface area contributed by atoms with Crippen molar-refractivity contribution in [3.8, 4) is 0 Å². The molecule has 1 heterocycles. The second kappa shape index (κ2) is 7.43. The number of anilines is 1. The number of hydrogen-bond donors (Lipinski definition) is 1. The molecule has 0 aromatic heterocycles. The summed E-state index contributed by atoms with van der Waals surface area (Å²) in [6, 6.07) is 7.68. The maximum atomic E-state index is 12.6. The van der Waals surface area contributed by atoms with Crippen molar-refractivity contribution in [2.75, 3.05) is 38.6 Å². The molecule has 0 radical (unpaired) electrons. The second-order valence-corrected chi connectivity index (χ2v) is 5.38. The molecule has 1 atom stereocenters. The van der Waals surface area contributed by atoms with Crippen LogP contribution in [0.25, 0.3) is 0 Å². The lowest BCUT2D eigenvalue weighted by atomic mass is 10.1. The van der Waals surface area contributed by atoms with Crippen LogP contribution in [0.3, 0.4) is 0 Å². The monoisotopic (exact) mass is 291 g/mol. The van der Waals surface area contributed by atoms with Crippen LogP contribution in [0.2, 0.25) is 0 Å². The lowest BCUT2D eigenvalue weighted by Gasteiger charge is -2.34. The van der Waals surface area contributed by atoms with E-state index in [2.05, 4.69) is 11.8 Å². The van der Waals surface area contributed by atoms with Crippen LogP contribution in [-0.2, 0) is 16.1 Å². The minimum Gasteiger partial charge on any atom is -0.398 e. The van der Waals surface area contributed by atoms with Gasteiger partial charge in [0.05, 0.1) is 19.3 Å². The summed E-state index contributed by atoms with van der Waals surface area (Å²) in [5.41, 5.74) is 7.85. The molecule has 0 aliphatic carbocycles. The van der Waals surface area contributed by atoms with Gasteiger partial charge >= 0.3 is 0 Å². The standard InChI is InChI=1S/C16H25N3O2/c1-3-18(12-14-6-4-5-7-15(14)17)13(2)16(20)19-8-10-21-11-9-19/h4-7,13H,3,8-12,17H2,1-2H3. The van der Waals surface area contributed by atoms with Crippen LogP contribution >= 0.6 is 0 Å². The highest BCUT2D eigenvalue weighted by molar-refractivity contribution is 5.81. The molecule has 5 nitrogen and oxygen atoms in total. The molecule has 1 amide bonds. The first-order chi connectivity index (χ1) is 10.1. The molecule has 1 aromatic carbocycles. The summed E-state index contributed by atoms with van der Waals surface area (Å²) in [4.78, 5) is 16.6. The van der Waals surface area contributed by atoms with Crippen LogP contribution in [0.5, 0.6) is 0 Å². The summed E-state index contributed by atoms with van der Waals surface area (Å²) in [6.07, 6.45) is 0. The quantitative estimate of drug-likeness (QED) is 0.832. The third kappa shape index (κ3) is 3.95. The highest BCUT2D eigenvalue weighted by Gasteiger charge is 2.26. The number of benzene rings is 1. The maximum absolute atomic E-state index is 12.6. The van der Waals surface area contributed by atoms with Gasteiger partial charge in [0.15, 0.2) is 0 Å². The first-order valence-corrected chi connectivity index (χ1v) is 7.57. The van der Waals surface area contributed by atoms with Gasteiger partial charge in [0.25, 0.3) is 0 Å². The molecule has 2 rings (SSSR count). The minimum absolute atomic E-state index is 0.146. The number of ether oxygens (including phenoxy) is 1. The summed E-state index contributed by atoms with van der Waals surface area (Å²) in [7, 11) is 0. The van der Waals surface area contributed by atoms with Gasteiger partial charge in [-0.25, -0.2) is 0 Å². The van der Waals surface area contributed by atoms with E-state index < -0.39 is 0 Å². The zero-order valence-corrected chi connectivity index (χ0v) is 12.9. The van der Waals surface area contributed by atoms with Crippen LogP contribution in [0, 0.1) is 0 Å². The van der Waals surface area contributed by atoms with E-state index >= 15 is 0 Å². The molecular formula is C16H25N3O2. The van der Waals surface area contributed by atoms with Crippen molar-refractivity contribution in [2.45, 2.75) is 26.4 Å². The Morgan fingerprint density at radius 1 is 1.38 bits per heavy atom. The topological polar surface area (TPSA) is 58.8 Å². The fourth-order valence-electron chi connectivity index (χ4n) is 2.62. The van der Waals surface area contributed by atoms with Gasteiger partial charge in [-0.15, -0.1) is 0 Å². The Hall–Kier alpha value is -1.59. The zero-order chi connectivity index (χ0) is 15.2. The van der Waals surface area contributed by atoms with E-state index in [-0.39, 0.29) is 11.9 Å². The average Bonchev–Trinajstić information content (AvgIpc) is 2.53. The molecule has 116 valence electrons. The SMILES string of the molecule is CCN(Cc1ccccc1N)C(C)C(=O)N1CCOCC1. The summed E-state index contributed by atoms with van der Waals surface area (Å²) >= 11 is 0. The van der Waals surface area contributed by atoms with Crippen molar-refractivity contribution >= 4 is 11.6 Å². The highest BCUT2D eigenvalue weighted by atomic mass is 16.5. The van der Waals surface area contributed by atoms with E-state index in [0.29, 0.717) is 32.8 Å². The first-order valence-electron chi connectivity index (χ1n) is 7.57. The Balaban J connectivity index is 2.02. The van der Waals surface area contributed by atoms with Gasteiger partial charge in [-0.3, -0.25) is 9.69 Å². The Bertz CT molecular complexity index is 472. The van der Waals surface area contributed by atoms with Gasteiger partial charge < -0.3 is 15.4 Å². The van der Waals surface area contributed by atoms with Gasteiger partial charge in [0, 0.05) is 25.3 Å². The van der Waals surface area contributed by atoms with Crippen LogP contribution in [-0.4, -0.2) is 54.6 Å². The minimum atomic E-state index is -0.146. The van der Waals surface area contributed by atoms with Crippen LogP contribution in [0.1, 0.15) is 19.4 Å². The maximum Gasteiger partial charge on any atom is 0.239 e. The number of nitrogens with zero attached hydrogens (tertiary/aromatic N) is 2. The number of para-hydroxylation sites is 1. The molecule has 0 bridgehead atoms. The van der Waals surface area contributed by atoms with Crippen molar-refractivity contribution in [1.29, 1.82) is 0 Å². The number of morpholine rings is 1. The van der Waals surface area contributed by atoms with Crippen LogP contribution in [0.15, 0.2) is 24.3 Å². The zero-order valence-electron chi connectivity index (χ0n) is 12.9. The Labute approximate surface area is 126 Å². The summed E-state index contributed by atoms with van der Waals surface area (Å²) in [5, 5.41) is 0. The van der Waals surface area contributed by atoms with Crippen molar-refractivity contribution in [3.63, 3.8) is 0 Å². The van der Waals surface area contributed by atoms with E-state index in [1.807, 2.05) is 36.1 Å². The van der Waals surface area contributed by atoms with Gasteiger partial charge in [0.2, 0.25) is 5.91 Å². The number of rotatable bonds is 5. The normalized spacial score (nSPS) is 17.0. The molecule has 2 N–H and O–H groups in total. The van der Waals surface area contributed by atoms with Crippen molar-refractivity contribution < 1.29 is 9.53 Å².